The summed E-state index contributed by atoms with van der Waals surface area (Å²) in [6.45, 7) is 4.20. The normalized spacial score (nSPS) is 18.5. The molecule has 0 aromatic carbocycles. The minimum atomic E-state index is -0.251. The van der Waals surface area contributed by atoms with Crippen LogP contribution < -0.4 is 11.1 Å². The maximum atomic E-state index is 11.0. The van der Waals surface area contributed by atoms with Crippen LogP contribution in [-0.2, 0) is 4.79 Å². The number of hydrogen-bond donors (Lipinski definition) is 2. The average Bonchev–Trinajstić information content (AvgIpc) is 2.95. The molecule has 0 aromatic rings. The Balaban J connectivity index is 2.25. The number of likely N-dealkylation sites (N-methyl/N-ethyl adjacent to an activating group) is 1. The minimum Gasteiger partial charge on any atom is -0.368 e. The molecule has 1 unspecified atom stereocenters. The zero-order valence-corrected chi connectivity index (χ0v) is 9.12. The molecule has 0 saturated heterocycles. The van der Waals surface area contributed by atoms with Crippen LogP contribution in [0.5, 0.6) is 0 Å². The molecule has 4 heteroatoms. The average molecular weight is 199 g/mol. The standard InChI is InChI=1S/C10H21N3O/c1-3-13(8-4-5-8)7-6-9(12-2)10(11)14/h8-9,12H,3-7H2,1-2H3,(H2,11,14). The van der Waals surface area contributed by atoms with Gasteiger partial charge in [0.05, 0.1) is 6.04 Å². The van der Waals surface area contributed by atoms with Gasteiger partial charge >= 0.3 is 0 Å². The van der Waals surface area contributed by atoms with Gasteiger partial charge in [-0.3, -0.25) is 4.79 Å². The van der Waals surface area contributed by atoms with Crippen molar-refractivity contribution in [2.45, 2.75) is 38.3 Å². The highest BCUT2D eigenvalue weighted by Gasteiger charge is 2.28. The Morgan fingerprint density at radius 2 is 2.29 bits per heavy atom. The summed E-state index contributed by atoms with van der Waals surface area (Å²) in [6.07, 6.45) is 3.44. The van der Waals surface area contributed by atoms with Crippen molar-refractivity contribution in [1.29, 1.82) is 0 Å². The number of carbonyl (C=O) groups is 1. The second-order valence-corrected chi connectivity index (χ2v) is 3.89. The first-order valence-electron chi connectivity index (χ1n) is 5.39. The van der Waals surface area contributed by atoms with E-state index in [1.807, 2.05) is 0 Å². The van der Waals surface area contributed by atoms with Crippen molar-refractivity contribution in [1.82, 2.24) is 10.2 Å². The van der Waals surface area contributed by atoms with Crippen LogP contribution in [0.25, 0.3) is 0 Å². The molecule has 4 nitrogen and oxygen atoms in total. The highest BCUT2D eigenvalue weighted by Crippen LogP contribution is 2.26. The lowest BCUT2D eigenvalue weighted by atomic mass is 10.2. The fourth-order valence-electron chi connectivity index (χ4n) is 1.76. The van der Waals surface area contributed by atoms with Gasteiger partial charge in [0.2, 0.25) is 5.91 Å². The molecule has 1 atom stereocenters. The van der Waals surface area contributed by atoms with Gasteiger partial charge in [0.25, 0.3) is 0 Å². The Labute approximate surface area is 85.8 Å². The lowest BCUT2D eigenvalue weighted by Gasteiger charge is -2.22. The smallest absolute Gasteiger partial charge is 0.234 e. The van der Waals surface area contributed by atoms with Gasteiger partial charge < -0.3 is 16.0 Å². The van der Waals surface area contributed by atoms with Crippen molar-refractivity contribution in [2.24, 2.45) is 5.73 Å². The van der Waals surface area contributed by atoms with Gasteiger partial charge in [0.1, 0.15) is 0 Å². The van der Waals surface area contributed by atoms with Gasteiger partial charge in [0.15, 0.2) is 0 Å². The summed E-state index contributed by atoms with van der Waals surface area (Å²) in [5.74, 6) is -0.251. The number of nitrogens with two attached hydrogens (primary N) is 1. The number of nitrogens with one attached hydrogen (secondary N) is 1. The molecule has 0 radical (unpaired) electrons. The van der Waals surface area contributed by atoms with Crippen LogP contribution in [0.15, 0.2) is 0 Å². The SMILES string of the molecule is CCN(CCC(NC)C(N)=O)C1CC1. The molecule has 1 aliphatic rings. The van der Waals surface area contributed by atoms with Crippen molar-refractivity contribution < 1.29 is 4.79 Å². The maximum absolute atomic E-state index is 11.0. The molecule has 0 bridgehead atoms. The lowest BCUT2D eigenvalue weighted by Crippen LogP contribution is -2.42. The fourth-order valence-corrected chi connectivity index (χ4v) is 1.76. The molecule has 0 aromatic heterocycles. The summed E-state index contributed by atoms with van der Waals surface area (Å²) in [5.41, 5.74) is 5.25. The van der Waals surface area contributed by atoms with Crippen molar-refractivity contribution in [2.75, 3.05) is 20.1 Å². The third kappa shape index (κ3) is 3.27. The Kier molecular flexibility index (Phi) is 4.35. The fraction of sp³-hybridized carbons (Fsp3) is 0.900. The Hall–Kier alpha value is -0.610. The molecule has 1 fully saturated rings. The van der Waals surface area contributed by atoms with E-state index >= 15 is 0 Å². The van der Waals surface area contributed by atoms with Crippen LogP contribution >= 0.6 is 0 Å². The minimum absolute atomic E-state index is 0.178. The number of rotatable bonds is 7. The van der Waals surface area contributed by atoms with Crippen molar-refractivity contribution in [3.8, 4) is 0 Å². The van der Waals surface area contributed by atoms with E-state index in [0.29, 0.717) is 0 Å². The molecular formula is C10H21N3O. The molecule has 82 valence electrons. The number of primary amides is 1. The molecule has 1 saturated carbocycles. The van der Waals surface area contributed by atoms with Crippen molar-refractivity contribution >= 4 is 5.91 Å². The number of hydrogen-bond acceptors (Lipinski definition) is 3. The van der Waals surface area contributed by atoms with E-state index in [1.165, 1.54) is 12.8 Å². The highest BCUT2D eigenvalue weighted by atomic mass is 16.1. The summed E-state index contributed by atoms with van der Waals surface area (Å²) in [4.78, 5) is 13.4. The quantitative estimate of drug-likeness (QED) is 0.603. The summed E-state index contributed by atoms with van der Waals surface area (Å²) < 4.78 is 0. The van der Waals surface area contributed by atoms with Crippen molar-refractivity contribution in [3.05, 3.63) is 0 Å². The molecular weight excluding hydrogens is 178 g/mol. The first-order valence-corrected chi connectivity index (χ1v) is 5.39. The lowest BCUT2D eigenvalue weighted by molar-refractivity contribution is -0.120. The first kappa shape index (κ1) is 11.5. The largest absolute Gasteiger partial charge is 0.368 e. The molecule has 1 aliphatic carbocycles. The Morgan fingerprint density at radius 1 is 1.64 bits per heavy atom. The van der Waals surface area contributed by atoms with Gasteiger partial charge in [-0.2, -0.15) is 0 Å². The van der Waals surface area contributed by atoms with Gasteiger partial charge in [-0.25, -0.2) is 0 Å². The first-order chi connectivity index (χ1) is 6.69. The zero-order valence-electron chi connectivity index (χ0n) is 9.12. The molecule has 0 heterocycles. The molecule has 1 rings (SSSR count). The predicted molar refractivity (Wildman–Crippen MR) is 56.9 cm³/mol. The molecule has 14 heavy (non-hydrogen) atoms. The van der Waals surface area contributed by atoms with Crippen LogP contribution in [0.3, 0.4) is 0 Å². The van der Waals surface area contributed by atoms with Crippen LogP contribution in [0.4, 0.5) is 0 Å². The second kappa shape index (κ2) is 5.32. The van der Waals surface area contributed by atoms with Crippen molar-refractivity contribution in [3.63, 3.8) is 0 Å². The maximum Gasteiger partial charge on any atom is 0.234 e. The van der Waals surface area contributed by atoms with E-state index in [4.69, 9.17) is 5.73 Å². The number of carbonyl (C=O) groups excluding carboxylic acids is 1. The van der Waals surface area contributed by atoms with Crippen LogP contribution in [0.2, 0.25) is 0 Å². The molecule has 0 aliphatic heterocycles. The van der Waals surface area contributed by atoms with E-state index in [2.05, 4.69) is 17.1 Å². The van der Waals surface area contributed by atoms with E-state index in [0.717, 1.165) is 25.6 Å². The third-order valence-electron chi connectivity index (χ3n) is 2.87. The van der Waals surface area contributed by atoms with Gasteiger partial charge in [0, 0.05) is 12.6 Å². The molecule has 1 amide bonds. The summed E-state index contributed by atoms with van der Waals surface area (Å²) in [7, 11) is 1.78. The topological polar surface area (TPSA) is 58.4 Å². The van der Waals surface area contributed by atoms with Crippen LogP contribution in [0, 0.1) is 0 Å². The number of nitrogens with zero attached hydrogens (tertiary/aromatic N) is 1. The number of amides is 1. The second-order valence-electron chi connectivity index (χ2n) is 3.89. The zero-order chi connectivity index (χ0) is 10.6. The monoisotopic (exact) mass is 199 g/mol. The summed E-state index contributed by atoms with van der Waals surface area (Å²) in [5, 5.41) is 2.94. The van der Waals surface area contributed by atoms with E-state index in [9.17, 15) is 4.79 Å². The van der Waals surface area contributed by atoms with E-state index in [1.54, 1.807) is 7.05 Å². The highest BCUT2D eigenvalue weighted by molar-refractivity contribution is 5.79. The Bertz CT molecular complexity index is 192. The molecule has 0 spiro atoms. The van der Waals surface area contributed by atoms with Gasteiger partial charge in [-0.1, -0.05) is 6.92 Å². The van der Waals surface area contributed by atoms with Crippen LogP contribution in [-0.4, -0.2) is 43.0 Å². The predicted octanol–water partition coefficient (Wildman–Crippen LogP) is -0.0659. The summed E-state index contributed by atoms with van der Waals surface area (Å²) >= 11 is 0. The third-order valence-corrected chi connectivity index (χ3v) is 2.87. The van der Waals surface area contributed by atoms with Gasteiger partial charge in [-0.15, -0.1) is 0 Å². The van der Waals surface area contributed by atoms with E-state index < -0.39 is 0 Å². The Morgan fingerprint density at radius 3 is 2.64 bits per heavy atom. The van der Waals surface area contributed by atoms with Crippen LogP contribution in [0.1, 0.15) is 26.2 Å². The summed E-state index contributed by atoms with van der Waals surface area (Å²) in [6, 6.07) is 0.591. The molecule has 3 N–H and O–H groups in total. The van der Waals surface area contributed by atoms with Gasteiger partial charge in [-0.05, 0) is 32.9 Å². The van der Waals surface area contributed by atoms with E-state index in [-0.39, 0.29) is 11.9 Å².